The molecule has 4 nitrogen and oxygen atoms in total. The minimum absolute atomic E-state index is 0.715. The molecule has 5 aromatic rings. The number of para-hydroxylation sites is 3. The van der Waals surface area contributed by atoms with Gasteiger partial charge >= 0.3 is 0 Å². The third-order valence-corrected chi connectivity index (χ3v) is 4.30. The van der Waals surface area contributed by atoms with Gasteiger partial charge in [-0.2, -0.15) is 0 Å². The van der Waals surface area contributed by atoms with Crippen molar-refractivity contribution < 1.29 is 0 Å². The highest BCUT2D eigenvalue weighted by Crippen LogP contribution is 2.26. The molecule has 2 aromatic heterocycles. The normalized spacial score (nSPS) is 11.2. The monoisotopic (exact) mass is 322 g/mol. The van der Waals surface area contributed by atoms with Crippen molar-refractivity contribution >= 4 is 21.9 Å². The van der Waals surface area contributed by atoms with Crippen LogP contribution in [0.25, 0.3) is 39.1 Å². The van der Waals surface area contributed by atoms with Gasteiger partial charge in [0.25, 0.3) is 0 Å². The fraction of sp³-hybridized carbons (Fsp3) is 0. The van der Waals surface area contributed by atoms with E-state index in [1.54, 1.807) is 0 Å². The quantitative estimate of drug-likeness (QED) is 0.476. The minimum Gasteiger partial charge on any atom is -0.282 e. The first-order chi connectivity index (χ1) is 12.4. The molecule has 0 radical (unpaired) electrons. The zero-order valence-electron chi connectivity index (χ0n) is 13.4. The van der Waals surface area contributed by atoms with E-state index in [4.69, 9.17) is 9.97 Å². The second-order valence-corrected chi connectivity index (χ2v) is 5.86. The molecule has 0 spiro atoms. The molecule has 0 fully saturated rings. The highest BCUT2D eigenvalue weighted by atomic mass is 15.1. The maximum Gasteiger partial charge on any atom is 0.162 e. The summed E-state index contributed by atoms with van der Waals surface area (Å²) < 4.78 is 2.03. The molecule has 0 saturated heterocycles. The maximum absolute atomic E-state index is 4.88. The zero-order chi connectivity index (χ0) is 16.6. The van der Waals surface area contributed by atoms with E-state index in [9.17, 15) is 0 Å². The molecule has 0 N–H and O–H groups in total. The van der Waals surface area contributed by atoms with Crippen molar-refractivity contribution in [2.24, 2.45) is 0 Å². The number of hydrogen-bond acceptors (Lipinski definition) is 3. The van der Waals surface area contributed by atoms with E-state index in [1.165, 1.54) is 0 Å². The van der Waals surface area contributed by atoms with Gasteiger partial charge in [-0.15, -0.1) is 0 Å². The fourth-order valence-electron chi connectivity index (χ4n) is 3.09. The standard InChI is InChI=1S/C21H14N4/c1-2-8-15(9-3-1)20-23-17-11-5-4-10-16(17)21(24-20)25-14-22-18-12-6-7-13-19(18)25/h1-14H. The number of aromatic nitrogens is 4. The van der Waals surface area contributed by atoms with Gasteiger partial charge < -0.3 is 0 Å². The first kappa shape index (κ1) is 13.9. The van der Waals surface area contributed by atoms with Crippen LogP contribution in [0.4, 0.5) is 0 Å². The van der Waals surface area contributed by atoms with E-state index in [2.05, 4.69) is 11.1 Å². The van der Waals surface area contributed by atoms with Gasteiger partial charge in [0, 0.05) is 10.9 Å². The van der Waals surface area contributed by atoms with Crippen LogP contribution < -0.4 is 0 Å². The van der Waals surface area contributed by atoms with E-state index in [-0.39, 0.29) is 0 Å². The average Bonchev–Trinajstić information content (AvgIpc) is 3.12. The van der Waals surface area contributed by atoms with Gasteiger partial charge in [0.2, 0.25) is 0 Å². The minimum atomic E-state index is 0.715. The molecule has 118 valence electrons. The summed E-state index contributed by atoms with van der Waals surface area (Å²) in [5.41, 5.74) is 3.90. The van der Waals surface area contributed by atoms with Crippen LogP contribution in [0.3, 0.4) is 0 Å². The Labute approximate surface area is 144 Å². The maximum atomic E-state index is 4.88. The highest BCUT2D eigenvalue weighted by molar-refractivity contribution is 5.89. The molecule has 0 bridgehead atoms. The molecule has 0 aliphatic carbocycles. The molecule has 0 atom stereocenters. The van der Waals surface area contributed by atoms with Crippen LogP contribution >= 0.6 is 0 Å². The summed E-state index contributed by atoms with van der Waals surface area (Å²) >= 11 is 0. The van der Waals surface area contributed by atoms with Gasteiger partial charge in [-0.1, -0.05) is 54.6 Å². The zero-order valence-corrected chi connectivity index (χ0v) is 13.4. The van der Waals surface area contributed by atoms with Crippen LogP contribution in [0.5, 0.6) is 0 Å². The van der Waals surface area contributed by atoms with Crippen molar-refractivity contribution in [1.29, 1.82) is 0 Å². The van der Waals surface area contributed by atoms with E-state index in [0.29, 0.717) is 5.82 Å². The van der Waals surface area contributed by atoms with Crippen LogP contribution in [0.15, 0.2) is 85.2 Å². The predicted molar refractivity (Wildman–Crippen MR) is 99.6 cm³/mol. The second kappa shape index (κ2) is 5.53. The summed E-state index contributed by atoms with van der Waals surface area (Å²) in [6, 6.07) is 26.2. The van der Waals surface area contributed by atoms with Crippen LogP contribution in [0.2, 0.25) is 0 Å². The van der Waals surface area contributed by atoms with Gasteiger partial charge in [-0.25, -0.2) is 15.0 Å². The first-order valence-electron chi connectivity index (χ1n) is 8.15. The number of benzene rings is 3. The number of fused-ring (bicyclic) bond motifs is 2. The summed E-state index contributed by atoms with van der Waals surface area (Å²) in [6.07, 6.45) is 1.83. The molecule has 4 heteroatoms. The lowest BCUT2D eigenvalue weighted by atomic mass is 10.2. The summed E-state index contributed by atoms with van der Waals surface area (Å²) in [4.78, 5) is 14.1. The molecule has 0 aliphatic rings. The number of rotatable bonds is 2. The predicted octanol–water partition coefficient (Wildman–Crippen LogP) is 4.64. The van der Waals surface area contributed by atoms with Gasteiger partial charge in [-0.3, -0.25) is 4.57 Å². The van der Waals surface area contributed by atoms with Crippen molar-refractivity contribution in [2.75, 3.05) is 0 Å². The highest BCUT2D eigenvalue weighted by Gasteiger charge is 2.13. The Morgan fingerprint density at radius 1 is 0.640 bits per heavy atom. The molecular weight excluding hydrogens is 308 g/mol. The van der Waals surface area contributed by atoms with Crippen LogP contribution in [0.1, 0.15) is 0 Å². The summed E-state index contributed by atoms with van der Waals surface area (Å²) in [5.74, 6) is 1.56. The molecule has 0 aliphatic heterocycles. The lowest BCUT2D eigenvalue weighted by molar-refractivity contribution is 1.02. The Kier molecular flexibility index (Phi) is 3.07. The van der Waals surface area contributed by atoms with Gasteiger partial charge in [0.1, 0.15) is 12.1 Å². The van der Waals surface area contributed by atoms with Crippen molar-refractivity contribution in [3.05, 3.63) is 85.2 Å². The van der Waals surface area contributed by atoms with Crippen LogP contribution in [-0.2, 0) is 0 Å². The Bertz CT molecular complexity index is 1190. The number of imidazole rings is 1. The molecular formula is C21H14N4. The largest absolute Gasteiger partial charge is 0.282 e. The van der Waals surface area contributed by atoms with Crippen LogP contribution in [-0.4, -0.2) is 19.5 Å². The summed E-state index contributed by atoms with van der Waals surface area (Å²) in [7, 11) is 0. The molecule has 0 unspecified atom stereocenters. The van der Waals surface area contributed by atoms with E-state index in [0.717, 1.165) is 33.3 Å². The number of hydrogen-bond donors (Lipinski definition) is 0. The molecule has 0 amide bonds. The Morgan fingerprint density at radius 3 is 2.24 bits per heavy atom. The summed E-state index contributed by atoms with van der Waals surface area (Å²) in [6.45, 7) is 0. The van der Waals surface area contributed by atoms with E-state index in [1.807, 2.05) is 83.7 Å². The van der Waals surface area contributed by atoms with Gasteiger partial charge in [-0.05, 0) is 24.3 Å². The summed E-state index contributed by atoms with van der Waals surface area (Å²) in [5, 5.41) is 1.00. The molecule has 2 heterocycles. The molecule has 25 heavy (non-hydrogen) atoms. The Hall–Kier alpha value is -3.53. The number of nitrogens with zero attached hydrogens (tertiary/aromatic N) is 4. The van der Waals surface area contributed by atoms with E-state index < -0.39 is 0 Å². The van der Waals surface area contributed by atoms with E-state index >= 15 is 0 Å². The van der Waals surface area contributed by atoms with Crippen molar-refractivity contribution in [3.63, 3.8) is 0 Å². The Morgan fingerprint density at radius 2 is 1.36 bits per heavy atom. The third kappa shape index (κ3) is 2.27. The van der Waals surface area contributed by atoms with Gasteiger partial charge in [0.15, 0.2) is 5.82 Å². The van der Waals surface area contributed by atoms with Crippen LogP contribution in [0, 0.1) is 0 Å². The fourth-order valence-corrected chi connectivity index (χ4v) is 3.09. The second-order valence-electron chi connectivity index (χ2n) is 5.86. The third-order valence-electron chi connectivity index (χ3n) is 4.30. The SMILES string of the molecule is c1ccc(-c2nc(-n3cnc4ccccc43)c3ccccc3n2)cc1. The lowest BCUT2D eigenvalue weighted by Crippen LogP contribution is -2.01. The Balaban J connectivity index is 1.85. The topological polar surface area (TPSA) is 43.6 Å². The van der Waals surface area contributed by atoms with Crippen molar-refractivity contribution in [2.45, 2.75) is 0 Å². The molecule has 0 saturated carbocycles. The smallest absolute Gasteiger partial charge is 0.162 e. The molecule has 3 aromatic carbocycles. The van der Waals surface area contributed by atoms with Crippen molar-refractivity contribution in [3.8, 4) is 17.2 Å². The molecule has 5 rings (SSSR count). The average molecular weight is 322 g/mol. The van der Waals surface area contributed by atoms with Crippen molar-refractivity contribution in [1.82, 2.24) is 19.5 Å². The lowest BCUT2D eigenvalue weighted by Gasteiger charge is -2.10. The van der Waals surface area contributed by atoms with Gasteiger partial charge in [0.05, 0.1) is 16.6 Å². The first-order valence-corrected chi connectivity index (χ1v) is 8.15.